The Bertz CT molecular complexity index is 343. The van der Waals surface area contributed by atoms with Gasteiger partial charge in [0, 0.05) is 12.1 Å². The van der Waals surface area contributed by atoms with E-state index in [9.17, 15) is 4.79 Å². The normalized spacial score (nSPS) is 14.9. The van der Waals surface area contributed by atoms with Crippen molar-refractivity contribution in [2.24, 2.45) is 4.99 Å². The standard InChI is InChI=1S/C10H10N2O/c13-9(10-11-6-7-12-10)8-4-2-1-3-5-8/h1-5H,6-7H2,(H,11,12). The Balaban J connectivity index is 2.23. The summed E-state index contributed by atoms with van der Waals surface area (Å²) >= 11 is 0. The number of carbonyl (C=O) groups is 1. The van der Waals surface area contributed by atoms with E-state index in [1.165, 1.54) is 0 Å². The SMILES string of the molecule is O=C(C1=NCCN1)c1ccccc1. The predicted molar refractivity (Wildman–Crippen MR) is 51.1 cm³/mol. The second-order valence-corrected chi connectivity index (χ2v) is 2.85. The highest BCUT2D eigenvalue weighted by Gasteiger charge is 2.15. The zero-order chi connectivity index (χ0) is 9.10. The van der Waals surface area contributed by atoms with Crippen molar-refractivity contribution >= 4 is 11.6 Å². The minimum Gasteiger partial charge on any atom is -0.365 e. The van der Waals surface area contributed by atoms with Crippen LogP contribution in [0, 0.1) is 0 Å². The molecule has 1 N–H and O–H groups in total. The monoisotopic (exact) mass is 174 g/mol. The topological polar surface area (TPSA) is 41.5 Å². The average Bonchev–Trinajstić information content (AvgIpc) is 2.71. The Kier molecular flexibility index (Phi) is 2.08. The highest BCUT2D eigenvalue weighted by Crippen LogP contribution is 2.02. The first kappa shape index (κ1) is 7.98. The Hall–Kier alpha value is -1.64. The fourth-order valence-corrected chi connectivity index (χ4v) is 1.28. The molecule has 0 spiro atoms. The molecule has 1 aromatic carbocycles. The number of nitrogens with one attached hydrogen (secondary N) is 1. The summed E-state index contributed by atoms with van der Waals surface area (Å²) in [5.41, 5.74) is 0.690. The second kappa shape index (κ2) is 3.39. The minimum atomic E-state index is -0.0156. The van der Waals surface area contributed by atoms with E-state index in [0.717, 1.165) is 6.54 Å². The van der Waals surface area contributed by atoms with Crippen molar-refractivity contribution in [1.29, 1.82) is 0 Å². The third-order valence-corrected chi connectivity index (χ3v) is 1.93. The van der Waals surface area contributed by atoms with Gasteiger partial charge in [0.25, 0.3) is 0 Å². The highest BCUT2D eigenvalue weighted by atomic mass is 16.1. The molecule has 3 heteroatoms. The summed E-state index contributed by atoms with van der Waals surface area (Å²) in [6.45, 7) is 1.47. The van der Waals surface area contributed by atoms with Crippen LogP contribution in [-0.2, 0) is 0 Å². The van der Waals surface area contributed by atoms with Gasteiger partial charge in [-0.2, -0.15) is 0 Å². The maximum Gasteiger partial charge on any atom is 0.227 e. The Morgan fingerprint density at radius 2 is 2.08 bits per heavy atom. The lowest BCUT2D eigenvalue weighted by Gasteiger charge is -1.99. The van der Waals surface area contributed by atoms with Crippen molar-refractivity contribution in [3.63, 3.8) is 0 Å². The molecular formula is C10H10N2O. The van der Waals surface area contributed by atoms with Gasteiger partial charge in [-0.3, -0.25) is 9.79 Å². The number of carbonyl (C=O) groups excluding carboxylic acids is 1. The lowest BCUT2D eigenvalue weighted by atomic mass is 10.1. The van der Waals surface area contributed by atoms with E-state index < -0.39 is 0 Å². The van der Waals surface area contributed by atoms with Gasteiger partial charge in [0.1, 0.15) is 0 Å². The second-order valence-electron chi connectivity index (χ2n) is 2.85. The van der Waals surface area contributed by atoms with E-state index >= 15 is 0 Å². The summed E-state index contributed by atoms with van der Waals surface area (Å²) in [5, 5.41) is 2.96. The Morgan fingerprint density at radius 1 is 1.31 bits per heavy atom. The largest absolute Gasteiger partial charge is 0.365 e. The van der Waals surface area contributed by atoms with Crippen molar-refractivity contribution in [3.05, 3.63) is 35.9 Å². The number of hydrogen-bond donors (Lipinski definition) is 1. The van der Waals surface area contributed by atoms with Crippen LogP contribution in [-0.4, -0.2) is 24.7 Å². The first-order chi connectivity index (χ1) is 6.38. The molecule has 0 amide bonds. The highest BCUT2D eigenvalue weighted by molar-refractivity contribution is 6.45. The zero-order valence-electron chi connectivity index (χ0n) is 7.16. The summed E-state index contributed by atoms with van der Waals surface area (Å²) in [6, 6.07) is 9.18. The summed E-state index contributed by atoms with van der Waals surface area (Å²) in [7, 11) is 0. The number of aliphatic imine (C=N–C) groups is 1. The molecule has 3 nitrogen and oxygen atoms in total. The number of amidine groups is 1. The van der Waals surface area contributed by atoms with Gasteiger partial charge in [-0.05, 0) is 0 Å². The molecule has 0 saturated heterocycles. The third-order valence-electron chi connectivity index (χ3n) is 1.93. The van der Waals surface area contributed by atoms with Crippen LogP contribution in [0.1, 0.15) is 10.4 Å². The molecule has 2 rings (SSSR count). The quantitative estimate of drug-likeness (QED) is 0.676. The van der Waals surface area contributed by atoms with Gasteiger partial charge in [-0.15, -0.1) is 0 Å². The van der Waals surface area contributed by atoms with Crippen LogP contribution in [0.4, 0.5) is 0 Å². The molecule has 0 atom stereocenters. The summed E-state index contributed by atoms with van der Waals surface area (Å²) in [5.74, 6) is 0.476. The van der Waals surface area contributed by atoms with Crippen LogP contribution in [0.5, 0.6) is 0 Å². The van der Waals surface area contributed by atoms with Crippen LogP contribution in [0.25, 0.3) is 0 Å². The predicted octanol–water partition coefficient (Wildman–Crippen LogP) is 0.871. The molecule has 0 saturated carbocycles. The molecule has 1 aliphatic heterocycles. The van der Waals surface area contributed by atoms with E-state index in [1.807, 2.05) is 18.2 Å². The van der Waals surface area contributed by atoms with Crippen molar-refractivity contribution in [2.75, 3.05) is 13.1 Å². The maximum absolute atomic E-state index is 11.7. The minimum absolute atomic E-state index is 0.0156. The molecule has 13 heavy (non-hydrogen) atoms. The number of Topliss-reactive ketones (excluding diaryl/α,β-unsaturated/α-hetero) is 1. The average molecular weight is 174 g/mol. The van der Waals surface area contributed by atoms with Crippen LogP contribution >= 0.6 is 0 Å². The number of ketones is 1. The molecule has 1 heterocycles. The summed E-state index contributed by atoms with van der Waals surface area (Å²) < 4.78 is 0. The lowest BCUT2D eigenvalue weighted by Crippen LogP contribution is -2.27. The molecule has 0 bridgehead atoms. The number of hydrogen-bond acceptors (Lipinski definition) is 3. The molecular weight excluding hydrogens is 164 g/mol. The fourth-order valence-electron chi connectivity index (χ4n) is 1.28. The third kappa shape index (κ3) is 1.59. The molecule has 0 aliphatic carbocycles. The smallest absolute Gasteiger partial charge is 0.227 e. The van der Waals surface area contributed by atoms with Crippen LogP contribution < -0.4 is 5.32 Å². The number of rotatable bonds is 2. The molecule has 1 aliphatic rings. The first-order valence-corrected chi connectivity index (χ1v) is 4.26. The van der Waals surface area contributed by atoms with Gasteiger partial charge >= 0.3 is 0 Å². The molecule has 0 unspecified atom stereocenters. The maximum atomic E-state index is 11.7. The Morgan fingerprint density at radius 3 is 2.69 bits per heavy atom. The van der Waals surface area contributed by atoms with Crippen molar-refractivity contribution < 1.29 is 4.79 Å². The van der Waals surface area contributed by atoms with E-state index in [2.05, 4.69) is 10.3 Å². The van der Waals surface area contributed by atoms with Crippen LogP contribution in [0.3, 0.4) is 0 Å². The summed E-state index contributed by atoms with van der Waals surface area (Å²) in [6.07, 6.45) is 0. The van der Waals surface area contributed by atoms with E-state index in [4.69, 9.17) is 0 Å². The van der Waals surface area contributed by atoms with Gasteiger partial charge in [-0.1, -0.05) is 30.3 Å². The van der Waals surface area contributed by atoms with Gasteiger partial charge < -0.3 is 5.32 Å². The van der Waals surface area contributed by atoms with E-state index in [1.54, 1.807) is 12.1 Å². The van der Waals surface area contributed by atoms with Gasteiger partial charge in [0.2, 0.25) is 5.78 Å². The molecule has 66 valence electrons. The molecule has 1 aromatic rings. The van der Waals surface area contributed by atoms with Crippen LogP contribution in [0.15, 0.2) is 35.3 Å². The van der Waals surface area contributed by atoms with E-state index in [-0.39, 0.29) is 5.78 Å². The summed E-state index contributed by atoms with van der Waals surface area (Å²) in [4.78, 5) is 15.7. The van der Waals surface area contributed by atoms with Crippen molar-refractivity contribution in [3.8, 4) is 0 Å². The molecule has 0 fully saturated rings. The van der Waals surface area contributed by atoms with Gasteiger partial charge in [0.15, 0.2) is 5.84 Å². The Labute approximate surface area is 76.5 Å². The fraction of sp³-hybridized carbons (Fsp3) is 0.200. The van der Waals surface area contributed by atoms with Gasteiger partial charge in [-0.25, -0.2) is 0 Å². The number of nitrogens with zero attached hydrogens (tertiary/aromatic N) is 1. The first-order valence-electron chi connectivity index (χ1n) is 4.26. The van der Waals surface area contributed by atoms with Gasteiger partial charge in [0.05, 0.1) is 6.54 Å². The molecule has 0 radical (unpaired) electrons. The van der Waals surface area contributed by atoms with Crippen molar-refractivity contribution in [1.82, 2.24) is 5.32 Å². The van der Waals surface area contributed by atoms with E-state index in [0.29, 0.717) is 17.9 Å². The van der Waals surface area contributed by atoms with Crippen LogP contribution in [0.2, 0.25) is 0 Å². The lowest BCUT2D eigenvalue weighted by molar-refractivity contribution is 0.106. The number of benzene rings is 1. The zero-order valence-corrected chi connectivity index (χ0v) is 7.16. The molecule has 0 aromatic heterocycles. The van der Waals surface area contributed by atoms with Crippen molar-refractivity contribution in [2.45, 2.75) is 0 Å².